The number of nitrogens with zero attached hydrogens (tertiary/aromatic N) is 3. The SMILES string of the molecule is COc1ccccc1-c1cc(C(=O)/N=c2\[nH]c3cc(C)ccc3n2[C@H]2CC[C@@H](O)CC2)ccn1. The molecule has 7 nitrogen and oxygen atoms in total. The zero-order valence-corrected chi connectivity index (χ0v) is 19.4. The summed E-state index contributed by atoms with van der Waals surface area (Å²) in [4.78, 5) is 25.6. The first-order valence-electron chi connectivity index (χ1n) is 11.6. The number of aliphatic hydroxyl groups is 1. The summed E-state index contributed by atoms with van der Waals surface area (Å²) in [5.74, 6) is 0.353. The average Bonchev–Trinajstić information content (AvgIpc) is 3.21. The highest BCUT2D eigenvalue weighted by atomic mass is 16.5. The number of amides is 1. The molecule has 1 fully saturated rings. The molecule has 1 aliphatic carbocycles. The quantitative estimate of drug-likeness (QED) is 0.471. The van der Waals surface area contributed by atoms with Crippen LogP contribution in [0.4, 0.5) is 0 Å². The second-order valence-corrected chi connectivity index (χ2v) is 8.85. The number of aromatic nitrogens is 3. The number of imidazole rings is 1. The van der Waals surface area contributed by atoms with Gasteiger partial charge in [0.1, 0.15) is 5.75 Å². The molecule has 2 heterocycles. The average molecular weight is 457 g/mol. The lowest BCUT2D eigenvalue weighted by atomic mass is 9.93. The summed E-state index contributed by atoms with van der Waals surface area (Å²) in [7, 11) is 1.61. The van der Waals surface area contributed by atoms with Gasteiger partial charge in [-0.1, -0.05) is 18.2 Å². The van der Waals surface area contributed by atoms with Gasteiger partial charge in [0.2, 0.25) is 5.62 Å². The van der Waals surface area contributed by atoms with Crippen molar-refractivity contribution in [3.8, 4) is 17.0 Å². The monoisotopic (exact) mass is 456 g/mol. The number of methoxy groups -OCH3 is 1. The number of rotatable bonds is 4. The van der Waals surface area contributed by atoms with Gasteiger partial charge in [0.15, 0.2) is 0 Å². The Balaban J connectivity index is 1.57. The van der Waals surface area contributed by atoms with Gasteiger partial charge in [-0.2, -0.15) is 4.99 Å². The lowest BCUT2D eigenvalue weighted by molar-refractivity contribution is 0.0990. The smallest absolute Gasteiger partial charge is 0.280 e. The maximum atomic E-state index is 13.3. The van der Waals surface area contributed by atoms with E-state index in [0.717, 1.165) is 47.8 Å². The molecule has 5 rings (SSSR count). The topological polar surface area (TPSA) is 92.5 Å². The van der Waals surface area contributed by atoms with Crippen LogP contribution in [0.25, 0.3) is 22.3 Å². The molecule has 2 aromatic carbocycles. The first kappa shape index (κ1) is 22.1. The highest BCUT2D eigenvalue weighted by molar-refractivity contribution is 5.96. The van der Waals surface area contributed by atoms with Crippen molar-refractivity contribution in [2.75, 3.05) is 7.11 Å². The van der Waals surface area contributed by atoms with Gasteiger partial charge in [-0.3, -0.25) is 9.78 Å². The molecule has 1 saturated carbocycles. The third-order valence-electron chi connectivity index (χ3n) is 6.51. The molecule has 0 radical (unpaired) electrons. The molecular weight excluding hydrogens is 428 g/mol. The highest BCUT2D eigenvalue weighted by Crippen LogP contribution is 2.30. The maximum Gasteiger partial charge on any atom is 0.280 e. The summed E-state index contributed by atoms with van der Waals surface area (Å²) < 4.78 is 7.58. The first-order valence-corrected chi connectivity index (χ1v) is 11.6. The number of carbonyl (C=O) groups excluding carboxylic acids is 1. The van der Waals surface area contributed by atoms with Crippen molar-refractivity contribution < 1.29 is 14.6 Å². The van der Waals surface area contributed by atoms with Gasteiger partial charge in [-0.05, 0) is 74.6 Å². The van der Waals surface area contributed by atoms with E-state index < -0.39 is 0 Å². The lowest BCUT2D eigenvalue weighted by Crippen LogP contribution is -2.29. The van der Waals surface area contributed by atoms with Crippen LogP contribution in [0.5, 0.6) is 5.75 Å². The molecule has 0 bridgehead atoms. The fourth-order valence-corrected chi connectivity index (χ4v) is 4.75. The number of nitrogens with one attached hydrogen (secondary N) is 1. The molecule has 0 saturated heterocycles. The zero-order chi connectivity index (χ0) is 23.7. The van der Waals surface area contributed by atoms with Crippen molar-refractivity contribution in [3.63, 3.8) is 0 Å². The molecule has 1 amide bonds. The molecule has 174 valence electrons. The Hall–Kier alpha value is -3.71. The van der Waals surface area contributed by atoms with E-state index in [0.29, 0.717) is 22.6 Å². The Labute approximate surface area is 197 Å². The molecule has 0 spiro atoms. The Morgan fingerprint density at radius 3 is 2.71 bits per heavy atom. The molecule has 1 aliphatic rings. The van der Waals surface area contributed by atoms with E-state index in [9.17, 15) is 9.90 Å². The van der Waals surface area contributed by atoms with Crippen LogP contribution in [0, 0.1) is 6.92 Å². The summed E-state index contributed by atoms with van der Waals surface area (Å²) in [6.07, 6.45) is 4.55. The number of hydrogen-bond acceptors (Lipinski definition) is 4. The largest absolute Gasteiger partial charge is 0.496 e. The molecule has 0 aliphatic heterocycles. The van der Waals surface area contributed by atoms with Crippen LogP contribution in [0.3, 0.4) is 0 Å². The number of aliphatic hydroxyl groups excluding tert-OH is 1. The predicted molar refractivity (Wildman–Crippen MR) is 131 cm³/mol. The number of aryl methyl sites for hydroxylation is 1. The number of H-pyrrole nitrogens is 1. The van der Waals surface area contributed by atoms with Crippen molar-refractivity contribution in [3.05, 3.63) is 77.5 Å². The number of hydrogen-bond donors (Lipinski definition) is 2. The first-order chi connectivity index (χ1) is 16.5. The number of ether oxygens (including phenoxy) is 1. The molecule has 34 heavy (non-hydrogen) atoms. The van der Waals surface area contributed by atoms with Crippen molar-refractivity contribution in [1.29, 1.82) is 0 Å². The van der Waals surface area contributed by atoms with Gasteiger partial charge in [0, 0.05) is 23.4 Å². The Morgan fingerprint density at radius 2 is 1.91 bits per heavy atom. The van der Waals surface area contributed by atoms with Gasteiger partial charge in [0.25, 0.3) is 5.91 Å². The zero-order valence-electron chi connectivity index (χ0n) is 19.4. The minimum absolute atomic E-state index is 0.174. The number of pyridine rings is 1. The summed E-state index contributed by atoms with van der Waals surface area (Å²) in [5.41, 5.74) is 5.55. The minimum Gasteiger partial charge on any atom is -0.496 e. The number of carbonyl (C=O) groups is 1. The number of aromatic amines is 1. The molecule has 0 unspecified atom stereocenters. The van der Waals surface area contributed by atoms with Crippen LogP contribution in [0.15, 0.2) is 65.8 Å². The van der Waals surface area contributed by atoms with Crippen LogP contribution in [-0.4, -0.2) is 38.8 Å². The van der Waals surface area contributed by atoms with E-state index in [2.05, 4.69) is 37.7 Å². The maximum absolute atomic E-state index is 13.3. The molecule has 2 aromatic heterocycles. The van der Waals surface area contributed by atoms with Gasteiger partial charge < -0.3 is 19.4 Å². The fraction of sp³-hybridized carbons (Fsp3) is 0.296. The molecular formula is C27H28N4O3. The fourth-order valence-electron chi connectivity index (χ4n) is 4.75. The van der Waals surface area contributed by atoms with E-state index in [1.165, 1.54) is 0 Å². The summed E-state index contributed by atoms with van der Waals surface area (Å²) in [5, 5.41) is 9.99. The van der Waals surface area contributed by atoms with Gasteiger partial charge in [-0.15, -0.1) is 0 Å². The van der Waals surface area contributed by atoms with Crippen LogP contribution in [0.2, 0.25) is 0 Å². The molecule has 4 aromatic rings. The van der Waals surface area contributed by atoms with Crippen LogP contribution < -0.4 is 10.4 Å². The van der Waals surface area contributed by atoms with Gasteiger partial charge >= 0.3 is 0 Å². The summed E-state index contributed by atoms with van der Waals surface area (Å²) >= 11 is 0. The molecule has 0 atom stereocenters. The molecule has 7 heteroatoms. The summed E-state index contributed by atoms with van der Waals surface area (Å²) in [6.45, 7) is 2.04. The predicted octanol–water partition coefficient (Wildman–Crippen LogP) is 4.57. The van der Waals surface area contributed by atoms with E-state index in [1.54, 1.807) is 25.4 Å². The number of fused-ring (bicyclic) bond motifs is 1. The Bertz CT molecular complexity index is 1410. The van der Waals surface area contributed by atoms with E-state index in [1.807, 2.05) is 31.2 Å². The van der Waals surface area contributed by atoms with Crippen molar-refractivity contribution >= 4 is 16.9 Å². The highest BCUT2D eigenvalue weighted by Gasteiger charge is 2.23. The Kier molecular flexibility index (Phi) is 6.02. The van der Waals surface area contributed by atoms with Crippen LogP contribution >= 0.6 is 0 Å². The third-order valence-corrected chi connectivity index (χ3v) is 6.51. The van der Waals surface area contributed by atoms with E-state index >= 15 is 0 Å². The van der Waals surface area contributed by atoms with Gasteiger partial charge in [0.05, 0.1) is 29.9 Å². The standard InChI is InChI=1S/C27H28N4O3/c1-17-7-12-24-23(15-17)29-27(31(24)19-8-10-20(32)11-9-19)30-26(33)18-13-14-28-22(16-18)21-5-3-4-6-25(21)34-2/h3-7,12-16,19-20,32H,8-11H2,1-2H3,(H,29,30,33)/t19-,20+. The Morgan fingerprint density at radius 1 is 1.12 bits per heavy atom. The minimum atomic E-state index is -0.341. The summed E-state index contributed by atoms with van der Waals surface area (Å²) in [6, 6.07) is 17.4. The van der Waals surface area contributed by atoms with Crippen molar-refractivity contribution in [2.24, 2.45) is 4.99 Å². The third kappa shape index (κ3) is 4.26. The van der Waals surface area contributed by atoms with Gasteiger partial charge in [-0.25, -0.2) is 0 Å². The second-order valence-electron chi connectivity index (χ2n) is 8.85. The number of para-hydroxylation sites is 1. The second kappa shape index (κ2) is 9.27. The normalized spacial score (nSPS) is 18.9. The van der Waals surface area contributed by atoms with E-state index in [4.69, 9.17) is 4.74 Å². The molecule has 2 N–H and O–H groups in total. The van der Waals surface area contributed by atoms with Crippen molar-refractivity contribution in [1.82, 2.24) is 14.5 Å². The number of benzene rings is 2. The van der Waals surface area contributed by atoms with E-state index in [-0.39, 0.29) is 18.1 Å². The van der Waals surface area contributed by atoms with Crippen LogP contribution in [-0.2, 0) is 0 Å². The van der Waals surface area contributed by atoms with Crippen molar-refractivity contribution in [2.45, 2.75) is 44.8 Å². The van der Waals surface area contributed by atoms with Crippen LogP contribution in [0.1, 0.15) is 47.6 Å². The lowest BCUT2D eigenvalue weighted by Gasteiger charge is -2.27.